The van der Waals surface area contributed by atoms with E-state index in [1.807, 2.05) is 35.0 Å². The van der Waals surface area contributed by atoms with Gasteiger partial charge in [-0.25, -0.2) is 4.98 Å². The molecule has 0 fully saturated rings. The third-order valence-electron chi connectivity index (χ3n) is 4.03. The molecule has 0 bridgehead atoms. The Morgan fingerprint density at radius 3 is 2.92 bits per heavy atom. The summed E-state index contributed by atoms with van der Waals surface area (Å²) >= 11 is 1.31. The lowest BCUT2D eigenvalue weighted by Crippen LogP contribution is -2.13. The van der Waals surface area contributed by atoms with Crippen molar-refractivity contribution < 1.29 is 4.79 Å². The summed E-state index contributed by atoms with van der Waals surface area (Å²) in [5.41, 5.74) is 4.25. The molecule has 5 nitrogen and oxygen atoms in total. The van der Waals surface area contributed by atoms with Crippen LogP contribution in [0.25, 0.3) is 11.8 Å². The smallest absolute Gasteiger partial charge is 0.268 e. The first-order chi connectivity index (χ1) is 12.6. The predicted octanol–water partition coefficient (Wildman–Crippen LogP) is 4.35. The molecule has 0 saturated heterocycles. The highest BCUT2D eigenvalue weighted by Crippen LogP contribution is 2.24. The molecule has 1 aromatic carbocycles. The lowest BCUT2D eigenvalue weighted by molar-refractivity contribution is -0.112. The molecule has 0 aliphatic carbocycles. The quantitative estimate of drug-likeness (QED) is 0.542. The van der Waals surface area contributed by atoms with Crippen LogP contribution in [-0.2, 0) is 11.2 Å². The van der Waals surface area contributed by atoms with E-state index in [9.17, 15) is 10.1 Å². The highest BCUT2D eigenvalue weighted by Gasteiger charge is 2.14. The fraction of sp³-hybridized carbons (Fsp3) is 0.150. The van der Waals surface area contributed by atoms with E-state index in [4.69, 9.17) is 0 Å². The Morgan fingerprint density at radius 1 is 1.38 bits per heavy atom. The summed E-state index contributed by atoms with van der Waals surface area (Å²) in [6.07, 6.45) is 6.05. The van der Waals surface area contributed by atoms with Crippen LogP contribution >= 0.6 is 11.3 Å². The van der Waals surface area contributed by atoms with Gasteiger partial charge in [-0.1, -0.05) is 25.1 Å². The largest absolute Gasteiger partial charge is 0.317 e. The van der Waals surface area contributed by atoms with Gasteiger partial charge in [0.05, 0.1) is 5.69 Å². The molecule has 26 heavy (non-hydrogen) atoms. The maximum absolute atomic E-state index is 12.4. The Bertz CT molecular complexity index is 993. The summed E-state index contributed by atoms with van der Waals surface area (Å²) < 4.78 is 2.02. The van der Waals surface area contributed by atoms with Crippen molar-refractivity contribution in [2.45, 2.75) is 20.3 Å². The fourth-order valence-electron chi connectivity index (χ4n) is 2.81. The first-order valence-corrected chi connectivity index (χ1v) is 9.11. The van der Waals surface area contributed by atoms with Gasteiger partial charge in [0.1, 0.15) is 11.6 Å². The number of carbonyl (C=O) groups is 1. The molecule has 130 valence electrons. The zero-order valence-corrected chi connectivity index (χ0v) is 15.4. The minimum absolute atomic E-state index is 0.0341. The van der Waals surface area contributed by atoms with Crippen LogP contribution in [0.5, 0.6) is 0 Å². The molecule has 0 spiro atoms. The van der Waals surface area contributed by atoms with Crippen molar-refractivity contribution >= 4 is 28.5 Å². The third kappa shape index (κ3) is 3.58. The van der Waals surface area contributed by atoms with Crippen molar-refractivity contribution in [2.24, 2.45) is 0 Å². The van der Waals surface area contributed by atoms with Crippen molar-refractivity contribution in [3.8, 4) is 11.8 Å². The van der Waals surface area contributed by atoms with E-state index in [1.54, 1.807) is 17.7 Å². The second-order valence-electron chi connectivity index (χ2n) is 5.70. The molecule has 3 rings (SSSR count). The molecule has 0 aliphatic heterocycles. The van der Waals surface area contributed by atoms with Gasteiger partial charge in [-0.05, 0) is 42.7 Å². The minimum atomic E-state index is -0.462. The average molecular weight is 362 g/mol. The molecule has 2 heterocycles. The minimum Gasteiger partial charge on any atom is -0.317 e. The number of nitrogens with zero attached hydrogens (tertiary/aromatic N) is 3. The first-order valence-electron chi connectivity index (χ1n) is 8.23. The van der Waals surface area contributed by atoms with Gasteiger partial charge in [-0.2, -0.15) is 5.26 Å². The number of anilines is 1. The first kappa shape index (κ1) is 17.6. The van der Waals surface area contributed by atoms with Gasteiger partial charge in [0.2, 0.25) is 0 Å². The molecule has 0 radical (unpaired) electrons. The molecule has 1 amide bonds. The van der Waals surface area contributed by atoms with Crippen LogP contribution in [-0.4, -0.2) is 15.5 Å². The number of benzene rings is 1. The van der Waals surface area contributed by atoms with Gasteiger partial charge in [-0.3, -0.25) is 10.1 Å². The Hall–Kier alpha value is -3.17. The van der Waals surface area contributed by atoms with Crippen LogP contribution in [0.3, 0.4) is 0 Å². The molecule has 0 aliphatic rings. The van der Waals surface area contributed by atoms with E-state index in [0.717, 1.165) is 23.4 Å². The standard InChI is InChI=1S/C20H18N4OS/c1-3-15-7-4-6-14(2)18(15)24-10-5-8-17(24)12-16(13-21)19(25)23-20-22-9-11-26-20/h4-12H,3H2,1-2H3,(H,22,23,25)/b16-12-. The van der Waals surface area contributed by atoms with Crippen LogP contribution in [0.15, 0.2) is 53.7 Å². The molecule has 2 aromatic heterocycles. The van der Waals surface area contributed by atoms with Gasteiger partial charge in [0.25, 0.3) is 5.91 Å². The van der Waals surface area contributed by atoms with Crippen molar-refractivity contribution in [2.75, 3.05) is 5.32 Å². The molecule has 6 heteroatoms. The number of carbonyl (C=O) groups excluding carboxylic acids is 1. The summed E-state index contributed by atoms with van der Waals surface area (Å²) in [6.45, 7) is 4.17. The number of rotatable bonds is 5. The van der Waals surface area contributed by atoms with Gasteiger partial charge in [0.15, 0.2) is 5.13 Å². The number of para-hydroxylation sites is 1. The molecule has 3 aromatic rings. The monoisotopic (exact) mass is 362 g/mol. The van der Waals surface area contributed by atoms with E-state index < -0.39 is 5.91 Å². The maximum atomic E-state index is 12.4. The summed E-state index contributed by atoms with van der Waals surface area (Å²) in [7, 11) is 0. The summed E-state index contributed by atoms with van der Waals surface area (Å²) in [5, 5.41) is 14.3. The van der Waals surface area contributed by atoms with Crippen molar-refractivity contribution in [1.82, 2.24) is 9.55 Å². The Morgan fingerprint density at radius 2 is 2.23 bits per heavy atom. The van der Waals surface area contributed by atoms with Crippen LogP contribution in [0, 0.1) is 18.3 Å². The molecular weight excluding hydrogens is 344 g/mol. The number of nitrogens with one attached hydrogen (secondary N) is 1. The summed E-state index contributed by atoms with van der Waals surface area (Å²) in [4.78, 5) is 16.4. The average Bonchev–Trinajstić information content (AvgIpc) is 3.31. The van der Waals surface area contributed by atoms with Gasteiger partial charge < -0.3 is 4.57 Å². The molecule has 0 atom stereocenters. The number of aromatic nitrogens is 2. The number of nitriles is 1. The second kappa shape index (κ2) is 7.81. The van der Waals surface area contributed by atoms with E-state index >= 15 is 0 Å². The third-order valence-corrected chi connectivity index (χ3v) is 4.72. The lowest BCUT2D eigenvalue weighted by atomic mass is 10.1. The topological polar surface area (TPSA) is 70.7 Å². The normalized spacial score (nSPS) is 11.2. The maximum Gasteiger partial charge on any atom is 0.268 e. The Kier molecular flexibility index (Phi) is 5.30. The van der Waals surface area contributed by atoms with Crippen LogP contribution in [0.2, 0.25) is 0 Å². The fourth-order valence-corrected chi connectivity index (χ4v) is 3.34. The van der Waals surface area contributed by atoms with Crippen molar-refractivity contribution in [1.29, 1.82) is 5.26 Å². The van der Waals surface area contributed by atoms with Gasteiger partial charge in [0, 0.05) is 23.5 Å². The second-order valence-corrected chi connectivity index (χ2v) is 6.60. The van der Waals surface area contributed by atoms with Crippen LogP contribution in [0.4, 0.5) is 5.13 Å². The number of aryl methyl sites for hydroxylation is 2. The van der Waals surface area contributed by atoms with E-state index in [1.165, 1.54) is 16.9 Å². The Balaban J connectivity index is 1.99. The van der Waals surface area contributed by atoms with E-state index in [0.29, 0.717) is 5.13 Å². The van der Waals surface area contributed by atoms with E-state index in [2.05, 4.69) is 36.3 Å². The predicted molar refractivity (Wildman–Crippen MR) is 104 cm³/mol. The molecule has 0 unspecified atom stereocenters. The van der Waals surface area contributed by atoms with E-state index in [-0.39, 0.29) is 5.57 Å². The SMILES string of the molecule is CCc1cccc(C)c1-n1cccc1/C=C(/C#N)C(=O)Nc1nccs1. The van der Waals surface area contributed by atoms with Gasteiger partial charge >= 0.3 is 0 Å². The zero-order valence-electron chi connectivity index (χ0n) is 14.6. The summed E-state index contributed by atoms with van der Waals surface area (Å²) in [5.74, 6) is -0.462. The molecule has 1 N–H and O–H groups in total. The highest BCUT2D eigenvalue weighted by molar-refractivity contribution is 7.13. The van der Waals surface area contributed by atoms with Crippen LogP contribution < -0.4 is 5.32 Å². The van der Waals surface area contributed by atoms with Gasteiger partial charge in [-0.15, -0.1) is 11.3 Å². The number of amides is 1. The molecular formula is C20H18N4OS. The van der Waals surface area contributed by atoms with Crippen molar-refractivity contribution in [3.05, 3.63) is 70.5 Å². The summed E-state index contributed by atoms with van der Waals surface area (Å²) in [6, 6.07) is 12.0. The lowest BCUT2D eigenvalue weighted by Gasteiger charge is -2.15. The van der Waals surface area contributed by atoms with Crippen molar-refractivity contribution in [3.63, 3.8) is 0 Å². The Labute approximate surface area is 156 Å². The number of hydrogen-bond donors (Lipinski definition) is 1. The number of thiazole rings is 1. The number of hydrogen-bond acceptors (Lipinski definition) is 4. The highest BCUT2D eigenvalue weighted by atomic mass is 32.1. The zero-order chi connectivity index (χ0) is 18.5. The van der Waals surface area contributed by atoms with Crippen LogP contribution in [0.1, 0.15) is 23.7 Å². The molecule has 0 saturated carbocycles.